The summed E-state index contributed by atoms with van der Waals surface area (Å²) >= 11 is 0. The highest BCUT2D eigenvalue weighted by Crippen LogP contribution is 2.29. The fourth-order valence-electron chi connectivity index (χ4n) is 5.68. The highest BCUT2D eigenvalue weighted by Gasteiger charge is 2.28. The van der Waals surface area contributed by atoms with Crippen LogP contribution in [-0.4, -0.2) is 21.6 Å². The lowest BCUT2D eigenvalue weighted by Crippen LogP contribution is -2.35. The molecule has 0 unspecified atom stereocenters. The molecule has 2 amide bonds. The van der Waals surface area contributed by atoms with E-state index in [1.807, 2.05) is 82.6 Å². The molecule has 4 nitrogen and oxygen atoms in total. The summed E-state index contributed by atoms with van der Waals surface area (Å²) in [6.07, 6.45) is 2.61. The Morgan fingerprint density at radius 1 is 0.452 bits per heavy atom. The highest BCUT2D eigenvalue weighted by atomic mass is 16.2. The molecule has 0 aliphatic rings. The van der Waals surface area contributed by atoms with Crippen LogP contribution in [0.3, 0.4) is 0 Å². The van der Waals surface area contributed by atoms with Crippen molar-refractivity contribution in [2.24, 2.45) is 11.8 Å². The van der Waals surface area contributed by atoms with Crippen LogP contribution in [0, 0.1) is 11.8 Å². The predicted molar refractivity (Wildman–Crippen MR) is 171 cm³/mol. The standard InChI is InChI=1S/C38H44N2O2/c1-3-35(25-37(41)39(27-31-17-9-5-10-18-31)28-32-19-11-6-12-20-32)36(4-2)26-38(42)40(29-33-21-13-7-14-22-33)30-34-23-15-8-16-24-34/h5-24,35-36H,3-4,25-30H2,1-2H3/t35-,36-/m1/s1. The average Bonchev–Trinajstić information content (AvgIpc) is 3.04. The quantitative estimate of drug-likeness (QED) is 0.147. The lowest BCUT2D eigenvalue weighted by molar-refractivity contribution is -0.137. The molecule has 4 heteroatoms. The number of hydrogen-bond acceptors (Lipinski definition) is 2. The van der Waals surface area contributed by atoms with Gasteiger partial charge in [0.25, 0.3) is 0 Å². The molecular formula is C38H44N2O2. The Morgan fingerprint density at radius 2 is 0.690 bits per heavy atom. The molecule has 0 spiro atoms. The maximum Gasteiger partial charge on any atom is 0.223 e. The minimum atomic E-state index is 0.135. The Hall–Kier alpha value is -4.18. The van der Waals surface area contributed by atoms with Gasteiger partial charge in [0, 0.05) is 39.0 Å². The summed E-state index contributed by atoms with van der Waals surface area (Å²) in [5.41, 5.74) is 4.48. The van der Waals surface area contributed by atoms with E-state index in [-0.39, 0.29) is 23.7 Å². The smallest absolute Gasteiger partial charge is 0.223 e. The lowest BCUT2D eigenvalue weighted by Gasteiger charge is -2.31. The summed E-state index contributed by atoms with van der Waals surface area (Å²) in [7, 11) is 0. The third kappa shape index (κ3) is 9.44. The summed E-state index contributed by atoms with van der Waals surface area (Å²) in [4.78, 5) is 31.7. The lowest BCUT2D eigenvalue weighted by atomic mass is 9.82. The average molecular weight is 561 g/mol. The zero-order valence-electron chi connectivity index (χ0n) is 25.1. The SMILES string of the molecule is CC[C@H](CC(=O)N(Cc1ccccc1)Cc1ccccc1)[C@H](CC)CC(=O)N(Cc1ccccc1)Cc1ccccc1. The summed E-state index contributed by atoms with van der Waals surface area (Å²) in [5, 5.41) is 0. The van der Waals surface area contributed by atoms with Gasteiger partial charge in [-0.15, -0.1) is 0 Å². The molecule has 4 aromatic carbocycles. The molecule has 4 aromatic rings. The van der Waals surface area contributed by atoms with Crippen LogP contribution >= 0.6 is 0 Å². The molecule has 0 aromatic heterocycles. The van der Waals surface area contributed by atoms with Crippen molar-refractivity contribution in [2.75, 3.05) is 0 Å². The second-order valence-corrected chi connectivity index (χ2v) is 11.2. The van der Waals surface area contributed by atoms with Gasteiger partial charge in [0.2, 0.25) is 11.8 Å². The Bertz CT molecular complexity index is 1150. The van der Waals surface area contributed by atoms with Crippen LogP contribution in [0.5, 0.6) is 0 Å². The van der Waals surface area contributed by atoms with Gasteiger partial charge in [-0.05, 0) is 34.1 Å². The van der Waals surface area contributed by atoms with Crippen molar-refractivity contribution in [3.63, 3.8) is 0 Å². The summed E-state index contributed by atoms with van der Waals surface area (Å²) in [6.45, 7) is 6.58. The van der Waals surface area contributed by atoms with Gasteiger partial charge in [-0.1, -0.05) is 148 Å². The highest BCUT2D eigenvalue weighted by molar-refractivity contribution is 5.78. The number of rotatable bonds is 15. The zero-order valence-corrected chi connectivity index (χ0v) is 25.1. The number of amides is 2. The second-order valence-electron chi connectivity index (χ2n) is 11.2. The molecule has 42 heavy (non-hydrogen) atoms. The van der Waals surface area contributed by atoms with Crippen LogP contribution in [0.25, 0.3) is 0 Å². The number of benzene rings is 4. The third-order valence-electron chi connectivity index (χ3n) is 8.16. The largest absolute Gasteiger partial charge is 0.334 e. The Kier molecular flexibility index (Phi) is 11.9. The summed E-state index contributed by atoms with van der Waals surface area (Å²) < 4.78 is 0. The Balaban J connectivity index is 1.47. The molecule has 4 rings (SSSR count). The Labute approximate surface area is 252 Å². The van der Waals surface area contributed by atoms with E-state index in [0.717, 1.165) is 35.1 Å². The van der Waals surface area contributed by atoms with Gasteiger partial charge in [0.15, 0.2) is 0 Å². The first-order valence-electron chi connectivity index (χ1n) is 15.3. The van der Waals surface area contributed by atoms with E-state index < -0.39 is 0 Å². The minimum Gasteiger partial charge on any atom is -0.334 e. The van der Waals surface area contributed by atoms with Crippen molar-refractivity contribution in [1.29, 1.82) is 0 Å². The molecule has 218 valence electrons. The fourth-order valence-corrected chi connectivity index (χ4v) is 5.68. The molecular weight excluding hydrogens is 516 g/mol. The molecule has 0 fully saturated rings. The van der Waals surface area contributed by atoms with Crippen LogP contribution in [-0.2, 0) is 35.8 Å². The van der Waals surface area contributed by atoms with Gasteiger partial charge >= 0.3 is 0 Å². The van der Waals surface area contributed by atoms with E-state index in [1.54, 1.807) is 0 Å². The molecule has 0 heterocycles. The number of nitrogens with zero attached hydrogens (tertiary/aromatic N) is 2. The first-order valence-corrected chi connectivity index (χ1v) is 15.3. The molecule has 0 N–H and O–H groups in total. The van der Waals surface area contributed by atoms with Gasteiger partial charge < -0.3 is 9.80 Å². The van der Waals surface area contributed by atoms with Crippen molar-refractivity contribution in [2.45, 2.75) is 65.7 Å². The maximum atomic E-state index is 13.9. The number of carbonyl (C=O) groups excluding carboxylic acids is 2. The van der Waals surface area contributed by atoms with E-state index in [9.17, 15) is 9.59 Å². The van der Waals surface area contributed by atoms with Crippen LogP contribution in [0.1, 0.15) is 61.8 Å². The van der Waals surface area contributed by atoms with E-state index in [0.29, 0.717) is 39.0 Å². The summed E-state index contributed by atoms with van der Waals surface area (Å²) in [5.74, 6) is 0.559. The number of carbonyl (C=O) groups is 2. The molecule has 0 aliphatic carbocycles. The topological polar surface area (TPSA) is 40.6 Å². The van der Waals surface area contributed by atoms with E-state index >= 15 is 0 Å². The van der Waals surface area contributed by atoms with Gasteiger partial charge in [-0.3, -0.25) is 9.59 Å². The number of hydrogen-bond donors (Lipinski definition) is 0. The maximum absolute atomic E-state index is 13.9. The van der Waals surface area contributed by atoms with Crippen LogP contribution < -0.4 is 0 Å². The minimum absolute atomic E-state index is 0.135. The van der Waals surface area contributed by atoms with E-state index in [1.165, 1.54) is 0 Å². The third-order valence-corrected chi connectivity index (χ3v) is 8.16. The predicted octanol–water partition coefficient (Wildman–Crippen LogP) is 8.28. The van der Waals surface area contributed by atoms with Crippen molar-refractivity contribution < 1.29 is 9.59 Å². The first kappa shape index (κ1) is 30.8. The van der Waals surface area contributed by atoms with Crippen LogP contribution in [0.15, 0.2) is 121 Å². The van der Waals surface area contributed by atoms with Gasteiger partial charge in [0.1, 0.15) is 0 Å². The first-order chi connectivity index (χ1) is 20.6. The van der Waals surface area contributed by atoms with E-state index in [2.05, 4.69) is 62.4 Å². The van der Waals surface area contributed by atoms with Gasteiger partial charge in [0.05, 0.1) is 0 Å². The summed E-state index contributed by atoms with van der Waals surface area (Å²) in [6, 6.07) is 40.7. The van der Waals surface area contributed by atoms with E-state index in [4.69, 9.17) is 0 Å². The Morgan fingerprint density at radius 3 is 0.905 bits per heavy atom. The van der Waals surface area contributed by atoms with Crippen molar-refractivity contribution >= 4 is 11.8 Å². The molecule has 0 radical (unpaired) electrons. The molecule has 0 bridgehead atoms. The van der Waals surface area contributed by atoms with Crippen molar-refractivity contribution in [1.82, 2.24) is 9.80 Å². The molecule has 0 saturated heterocycles. The monoisotopic (exact) mass is 560 g/mol. The molecule has 2 atom stereocenters. The van der Waals surface area contributed by atoms with Crippen molar-refractivity contribution in [3.8, 4) is 0 Å². The van der Waals surface area contributed by atoms with Gasteiger partial charge in [-0.25, -0.2) is 0 Å². The van der Waals surface area contributed by atoms with Crippen molar-refractivity contribution in [3.05, 3.63) is 144 Å². The van der Waals surface area contributed by atoms with Crippen LogP contribution in [0.4, 0.5) is 0 Å². The second kappa shape index (κ2) is 16.3. The fraction of sp³-hybridized carbons (Fsp3) is 0.316. The zero-order chi connectivity index (χ0) is 29.6. The normalized spacial score (nSPS) is 12.3. The molecule has 0 aliphatic heterocycles. The van der Waals surface area contributed by atoms with Crippen LogP contribution in [0.2, 0.25) is 0 Å². The molecule has 0 saturated carbocycles. The van der Waals surface area contributed by atoms with Gasteiger partial charge in [-0.2, -0.15) is 0 Å².